The standard InChI is InChI=1S/C11H14N6O/c1-7(11-14-16-17-15-11)13-10(18)6-8-2-4-9(12)5-3-8/h2-5,7H,6,12H2,1H3,(H,13,18)(H,14,15,16,17). The Labute approximate surface area is 104 Å². The first-order valence-electron chi connectivity index (χ1n) is 5.52. The van der Waals surface area contributed by atoms with Gasteiger partial charge in [0.05, 0.1) is 12.5 Å². The zero-order valence-corrected chi connectivity index (χ0v) is 9.92. The van der Waals surface area contributed by atoms with Crippen LogP contribution in [0.1, 0.15) is 24.4 Å². The van der Waals surface area contributed by atoms with Crippen LogP contribution in [0.15, 0.2) is 24.3 Å². The zero-order valence-electron chi connectivity index (χ0n) is 9.92. The summed E-state index contributed by atoms with van der Waals surface area (Å²) in [5, 5.41) is 16.2. The average molecular weight is 246 g/mol. The van der Waals surface area contributed by atoms with E-state index in [1.807, 2.05) is 12.1 Å². The minimum atomic E-state index is -0.273. The second kappa shape index (κ2) is 5.26. The predicted octanol–water partition coefficient (Wildman–Crippen LogP) is 0.202. The van der Waals surface area contributed by atoms with E-state index in [1.165, 1.54) is 0 Å². The number of carbonyl (C=O) groups excluding carboxylic acids is 1. The molecular formula is C11H14N6O. The van der Waals surface area contributed by atoms with Crippen molar-refractivity contribution < 1.29 is 4.79 Å². The van der Waals surface area contributed by atoms with Crippen LogP contribution in [0.25, 0.3) is 0 Å². The molecule has 7 nitrogen and oxygen atoms in total. The lowest BCUT2D eigenvalue weighted by atomic mass is 10.1. The van der Waals surface area contributed by atoms with Crippen LogP contribution in [-0.4, -0.2) is 26.5 Å². The Kier molecular flexibility index (Phi) is 3.52. The van der Waals surface area contributed by atoms with E-state index in [0.29, 0.717) is 17.9 Å². The highest BCUT2D eigenvalue weighted by Crippen LogP contribution is 2.08. The van der Waals surface area contributed by atoms with Crippen molar-refractivity contribution in [2.45, 2.75) is 19.4 Å². The van der Waals surface area contributed by atoms with E-state index < -0.39 is 0 Å². The molecule has 0 saturated heterocycles. The molecule has 18 heavy (non-hydrogen) atoms. The first-order chi connectivity index (χ1) is 8.65. The Morgan fingerprint density at radius 3 is 2.78 bits per heavy atom. The summed E-state index contributed by atoms with van der Waals surface area (Å²) in [7, 11) is 0. The molecule has 1 aromatic heterocycles. The van der Waals surface area contributed by atoms with Crippen LogP contribution < -0.4 is 11.1 Å². The van der Waals surface area contributed by atoms with Crippen molar-refractivity contribution in [3.63, 3.8) is 0 Å². The summed E-state index contributed by atoms with van der Waals surface area (Å²) in [4.78, 5) is 11.8. The van der Waals surface area contributed by atoms with Gasteiger partial charge in [-0.15, -0.1) is 10.2 Å². The van der Waals surface area contributed by atoms with E-state index in [4.69, 9.17) is 5.73 Å². The van der Waals surface area contributed by atoms with Gasteiger partial charge in [-0.2, -0.15) is 5.21 Å². The van der Waals surface area contributed by atoms with E-state index in [2.05, 4.69) is 25.9 Å². The minimum absolute atomic E-state index is 0.0999. The summed E-state index contributed by atoms with van der Waals surface area (Å²) in [5.74, 6) is 0.359. The fraction of sp³-hybridized carbons (Fsp3) is 0.273. The number of aromatic amines is 1. The molecule has 1 aromatic carbocycles. The summed E-state index contributed by atoms with van der Waals surface area (Å²) in [5.41, 5.74) is 7.16. The Balaban J connectivity index is 1.91. The smallest absolute Gasteiger partial charge is 0.225 e. The second-order valence-electron chi connectivity index (χ2n) is 3.98. The molecule has 1 amide bonds. The Hall–Kier alpha value is -2.44. The number of rotatable bonds is 4. The number of benzene rings is 1. The van der Waals surface area contributed by atoms with Crippen LogP contribution in [0.2, 0.25) is 0 Å². The van der Waals surface area contributed by atoms with Gasteiger partial charge in [0, 0.05) is 5.69 Å². The van der Waals surface area contributed by atoms with Gasteiger partial charge in [-0.05, 0) is 24.6 Å². The normalized spacial score (nSPS) is 12.1. The topological polar surface area (TPSA) is 110 Å². The molecule has 0 bridgehead atoms. The van der Waals surface area contributed by atoms with Gasteiger partial charge in [-0.1, -0.05) is 17.3 Å². The predicted molar refractivity (Wildman–Crippen MR) is 65.3 cm³/mol. The number of anilines is 1. The Morgan fingerprint density at radius 2 is 2.17 bits per heavy atom. The number of nitrogens with zero attached hydrogens (tertiary/aromatic N) is 3. The van der Waals surface area contributed by atoms with Gasteiger partial charge in [0.25, 0.3) is 0 Å². The van der Waals surface area contributed by atoms with E-state index >= 15 is 0 Å². The van der Waals surface area contributed by atoms with E-state index in [9.17, 15) is 4.79 Å². The molecule has 1 unspecified atom stereocenters. The molecule has 0 aliphatic rings. The summed E-state index contributed by atoms with van der Waals surface area (Å²) < 4.78 is 0. The maximum absolute atomic E-state index is 11.8. The highest BCUT2D eigenvalue weighted by molar-refractivity contribution is 5.79. The van der Waals surface area contributed by atoms with Gasteiger partial charge < -0.3 is 11.1 Å². The van der Waals surface area contributed by atoms with Crippen molar-refractivity contribution in [3.05, 3.63) is 35.7 Å². The van der Waals surface area contributed by atoms with Crippen molar-refractivity contribution in [1.29, 1.82) is 0 Å². The first-order valence-corrected chi connectivity index (χ1v) is 5.52. The lowest BCUT2D eigenvalue weighted by Gasteiger charge is -2.09. The summed E-state index contributed by atoms with van der Waals surface area (Å²) in [6.07, 6.45) is 0.294. The average Bonchev–Trinajstić information content (AvgIpc) is 2.85. The van der Waals surface area contributed by atoms with E-state index in [1.54, 1.807) is 19.1 Å². The number of tetrazole rings is 1. The molecule has 0 aliphatic heterocycles. The molecule has 7 heteroatoms. The van der Waals surface area contributed by atoms with Gasteiger partial charge in [0.2, 0.25) is 5.91 Å². The molecule has 0 spiro atoms. The molecule has 0 aliphatic carbocycles. The van der Waals surface area contributed by atoms with Crippen LogP contribution in [0.4, 0.5) is 5.69 Å². The van der Waals surface area contributed by atoms with Crippen molar-refractivity contribution in [2.24, 2.45) is 0 Å². The molecule has 2 rings (SSSR count). The maximum atomic E-state index is 11.8. The summed E-state index contributed by atoms with van der Waals surface area (Å²) in [6, 6.07) is 6.92. The van der Waals surface area contributed by atoms with E-state index in [-0.39, 0.29) is 11.9 Å². The Bertz CT molecular complexity index is 507. The fourth-order valence-corrected chi connectivity index (χ4v) is 1.53. The SMILES string of the molecule is CC(NC(=O)Cc1ccc(N)cc1)c1nn[nH]n1. The Morgan fingerprint density at radius 1 is 1.44 bits per heavy atom. The summed E-state index contributed by atoms with van der Waals surface area (Å²) in [6.45, 7) is 1.80. The molecular weight excluding hydrogens is 232 g/mol. The summed E-state index contributed by atoms with van der Waals surface area (Å²) >= 11 is 0. The van der Waals surface area contributed by atoms with Crippen LogP contribution >= 0.6 is 0 Å². The highest BCUT2D eigenvalue weighted by atomic mass is 16.1. The highest BCUT2D eigenvalue weighted by Gasteiger charge is 2.13. The maximum Gasteiger partial charge on any atom is 0.225 e. The van der Waals surface area contributed by atoms with Gasteiger partial charge in [0.15, 0.2) is 5.82 Å². The monoisotopic (exact) mass is 246 g/mol. The fourth-order valence-electron chi connectivity index (χ4n) is 1.53. The quantitative estimate of drug-likeness (QED) is 0.668. The van der Waals surface area contributed by atoms with Crippen molar-refractivity contribution in [1.82, 2.24) is 25.9 Å². The number of hydrogen-bond acceptors (Lipinski definition) is 5. The molecule has 2 aromatic rings. The van der Waals surface area contributed by atoms with Gasteiger partial charge in [-0.3, -0.25) is 4.79 Å². The number of amides is 1. The second-order valence-corrected chi connectivity index (χ2v) is 3.98. The third-order valence-electron chi connectivity index (χ3n) is 2.47. The van der Waals surface area contributed by atoms with Gasteiger partial charge in [0.1, 0.15) is 0 Å². The minimum Gasteiger partial charge on any atom is -0.399 e. The number of aromatic nitrogens is 4. The molecule has 0 fully saturated rings. The number of nitrogen functional groups attached to an aromatic ring is 1. The zero-order chi connectivity index (χ0) is 13.0. The molecule has 94 valence electrons. The van der Waals surface area contributed by atoms with Crippen molar-refractivity contribution in [3.8, 4) is 0 Å². The third kappa shape index (κ3) is 3.03. The number of nitrogens with two attached hydrogens (primary N) is 1. The molecule has 4 N–H and O–H groups in total. The van der Waals surface area contributed by atoms with Gasteiger partial charge >= 0.3 is 0 Å². The van der Waals surface area contributed by atoms with Crippen LogP contribution in [0.5, 0.6) is 0 Å². The number of H-pyrrole nitrogens is 1. The van der Waals surface area contributed by atoms with Crippen LogP contribution in [0, 0.1) is 0 Å². The molecule has 0 radical (unpaired) electrons. The van der Waals surface area contributed by atoms with Crippen LogP contribution in [0.3, 0.4) is 0 Å². The largest absolute Gasteiger partial charge is 0.399 e. The third-order valence-corrected chi connectivity index (χ3v) is 2.47. The molecule has 1 atom stereocenters. The van der Waals surface area contributed by atoms with Crippen LogP contribution in [-0.2, 0) is 11.2 Å². The van der Waals surface area contributed by atoms with Crippen molar-refractivity contribution >= 4 is 11.6 Å². The molecule has 1 heterocycles. The van der Waals surface area contributed by atoms with E-state index in [0.717, 1.165) is 5.56 Å². The number of carbonyl (C=O) groups is 1. The lowest BCUT2D eigenvalue weighted by molar-refractivity contribution is -0.121. The first kappa shape index (κ1) is 12.0. The lowest BCUT2D eigenvalue weighted by Crippen LogP contribution is -2.28. The number of hydrogen-bond donors (Lipinski definition) is 3. The van der Waals surface area contributed by atoms with Crippen molar-refractivity contribution in [2.75, 3.05) is 5.73 Å². The number of nitrogens with one attached hydrogen (secondary N) is 2. The molecule has 0 saturated carbocycles. The van der Waals surface area contributed by atoms with Gasteiger partial charge in [-0.25, -0.2) is 0 Å².